The van der Waals surface area contributed by atoms with Gasteiger partial charge in [0.15, 0.2) is 0 Å². The number of rotatable bonds is 5. The summed E-state index contributed by atoms with van der Waals surface area (Å²) in [5, 5.41) is 12.5. The lowest BCUT2D eigenvalue weighted by molar-refractivity contribution is -0.131. The molecule has 0 aliphatic rings. The first-order valence-electron chi connectivity index (χ1n) is 5.38. The first kappa shape index (κ1) is 13.7. The summed E-state index contributed by atoms with van der Waals surface area (Å²) in [4.78, 5) is 10.5. The van der Waals surface area contributed by atoms with Crippen molar-refractivity contribution in [3.8, 4) is 0 Å². The minimum atomic E-state index is -0.922. The molecule has 0 saturated carbocycles. The van der Waals surface area contributed by atoms with Crippen molar-refractivity contribution in [2.75, 3.05) is 6.54 Å². The van der Waals surface area contributed by atoms with Gasteiger partial charge in [0.2, 0.25) is 0 Å². The maximum absolute atomic E-state index is 10.5. The lowest BCUT2D eigenvalue weighted by Crippen LogP contribution is -2.21. The van der Waals surface area contributed by atoms with Crippen LogP contribution in [0.4, 0.5) is 0 Å². The maximum Gasteiger partial charge on any atom is 0.328 e. The minimum absolute atomic E-state index is 0.0841. The second-order valence-electron chi connectivity index (χ2n) is 3.95. The fourth-order valence-electron chi connectivity index (χ4n) is 1.51. The number of nitrogens with one attached hydrogen (secondary N) is 1. The largest absolute Gasteiger partial charge is 0.478 e. The average molecular weight is 254 g/mol. The summed E-state index contributed by atoms with van der Waals surface area (Å²) in [5.41, 5.74) is 1.79. The van der Waals surface area contributed by atoms with Crippen LogP contribution >= 0.6 is 11.6 Å². The molecular formula is C13H16ClNO2. The van der Waals surface area contributed by atoms with Gasteiger partial charge in [-0.25, -0.2) is 4.79 Å². The monoisotopic (exact) mass is 253 g/mol. The Morgan fingerprint density at radius 1 is 1.53 bits per heavy atom. The Hall–Kier alpha value is -1.32. The van der Waals surface area contributed by atoms with E-state index < -0.39 is 5.97 Å². The molecule has 0 amide bonds. The fourth-order valence-corrected chi connectivity index (χ4v) is 1.81. The first-order chi connectivity index (χ1) is 8.00. The molecular weight excluding hydrogens is 238 g/mol. The molecule has 0 fully saturated rings. The van der Waals surface area contributed by atoms with Crippen LogP contribution in [0.2, 0.25) is 5.02 Å². The highest BCUT2D eigenvalue weighted by molar-refractivity contribution is 6.31. The van der Waals surface area contributed by atoms with Crippen LogP contribution in [0.3, 0.4) is 0 Å². The van der Waals surface area contributed by atoms with Gasteiger partial charge in [0.1, 0.15) is 0 Å². The van der Waals surface area contributed by atoms with Gasteiger partial charge in [-0.05, 0) is 25.5 Å². The Bertz CT molecular complexity index is 429. The molecule has 1 rings (SSSR count). The summed E-state index contributed by atoms with van der Waals surface area (Å²) in [6.07, 6.45) is 1.20. The van der Waals surface area contributed by atoms with Crippen molar-refractivity contribution in [2.45, 2.75) is 19.9 Å². The van der Waals surface area contributed by atoms with E-state index in [9.17, 15) is 4.79 Å². The van der Waals surface area contributed by atoms with Gasteiger partial charge in [-0.15, -0.1) is 0 Å². The molecule has 2 N–H and O–H groups in total. The van der Waals surface area contributed by atoms with Gasteiger partial charge in [-0.3, -0.25) is 0 Å². The number of carbonyl (C=O) groups is 1. The van der Waals surface area contributed by atoms with E-state index in [1.807, 2.05) is 31.2 Å². The molecule has 3 nitrogen and oxygen atoms in total. The van der Waals surface area contributed by atoms with Crippen LogP contribution in [0.25, 0.3) is 0 Å². The van der Waals surface area contributed by atoms with E-state index in [1.54, 1.807) is 6.92 Å². The number of benzene rings is 1. The molecule has 1 aromatic rings. The maximum atomic E-state index is 10.5. The molecule has 0 heterocycles. The number of halogens is 1. The van der Waals surface area contributed by atoms with Crippen LogP contribution in [-0.4, -0.2) is 17.6 Å². The lowest BCUT2D eigenvalue weighted by atomic mass is 10.1. The topological polar surface area (TPSA) is 49.3 Å². The van der Waals surface area contributed by atoms with Crippen molar-refractivity contribution in [1.29, 1.82) is 0 Å². The molecule has 0 saturated heterocycles. The molecule has 0 aromatic heterocycles. The van der Waals surface area contributed by atoms with Gasteiger partial charge < -0.3 is 10.4 Å². The third kappa shape index (κ3) is 4.59. The van der Waals surface area contributed by atoms with E-state index in [0.717, 1.165) is 11.1 Å². The van der Waals surface area contributed by atoms with Crippen LogP contribution in [-0.2, 0) is 4.79 Å². The zero-order chi connectivity index (χ0) is 12.8. The number of hydrogen-bond donors (Lipinski definition) is 2. The molecule has 17 heavy (non-hydrogen) atoms. The summed E-state index contributed by atoms with van der Waals surface area (Å²) in [5.74, 6) is -0.922. The van der Waals surface area contributed by atoms with Gasteiger partial charge in [-0.1, -0.05) is 35.4 Å². The summed E-state index contributed by atoms with van der Waals surface area (Å²) < 4.78 is 0. The SMILES string of the molecule is C/C(=C\C(=O)O)CNC(C)c1ccccc1Cl. The van der Waals surface area contributed by atoms with E-state index in [0.29, 0.717) is 11.6 Å². The molecule has 0 aliphatic carbocycles. The second kappa shape index (κ2) is 6.42. The zero-order valence-electron chi connectivity index (χ0n) is 9.90. The van der Waals surface area contributed by atoms with Crippen molar-refractivity contribution < 1.29 is 9.90 Å². The van der Waals surface area contributed by atoms with E-state index in [-0.39, 0.29) is 6.04 Å². The summed E-state index contributed by atoms with van der Waals surface area (Å²) in [6.45, 7) is 4.30. The van der Waals surface area contributed by atoms with Crippen LogP contribution < -0.4 is 5.32 Å². The normalized spacial score (nSPS) is 13.5. The summed E-state index contributed by atoms with van der Waals surface area (Å²) in [7, 11) is 0. The molecule has 1 unspecified atom stereocenters. The van der Waals surface area contributed by atoms with Gasteiger partial charge in [0, 0.05) is 23.7 Å². The van der Waals surface area contributed by atoms with Gasteiger partial charge in [0.25, 0.3) is 0 Å². The Labute approximate surface area is 106 Å². The molecule has 1 aromatic carbocycles. The molecule has 0 radical (unpaired) electrons. The predicted octanol–water partition coefficient (Wildman–Crippen LogP) is 3.02. The molecule has 1 atom stereocenters. The molecule has 4 heteroatoms. The van der Waals surface area contributed by atoms with E-state index in [4.69, 9.17) is 16.7 Å². The van der Waals surface area contributed by atoms with E-state index in [1.165, 1.54) is 6.08 Å². The highest BCUT2D eigenvalue weighted by atomic mass is 35.5. The predicted molar refractivity (Wildman–Crippen MR) is 69.3 cm³/mol. The van der Waals surface area contributed by atoms with Crippen molar-refractivity contribution in [3.63, 3.8) is 0 Å². The smallest absolute Gasteiger partial charge is 0.328 e. The van der Waals surface area contributed by atoms with Crippen molar-refractivity contribution in [3.05, 3.63) is 46.5 Å². The van der Waals surface area contributed by atoms with Gasteiger partial charge >= 0.3 is 5.97 Å². The Morgan fingerprint density at radius 2 is 2.18 bits per heavy atom. The Morgan fingerprint density at radius 3 is 2.76 bits per heavy atom. The van der Waals surface area contributed by atoms with Crippen molar-refractivity contribution in [1.82, 2.24) is 5.32 Å². The van der Waals surface area contributed by atoms with Crippen LogP contribution in [0.5, 0.6) is 0 Å². The number of aliphatic carboxylic acids is 1. The molecule has 0 spiro atoms. The number of hydrogen-bond acceptors (Lipinski definition) is 2. The quantitative estimate of drug-likeness (QED) is 0.793. The van der Waals surface area contributed by atoms with Crippen LogP contribution in [0.15, 0.2) is 35.9 Å². The Balaban J connectivity index is 2.59. The van der Waals surface area contributed by atoms with Crippen LogP contribution in [0.1, 0.15) is 25.5 Å². The minimum Gasteiger partial charge on any atom is -0.478 e. The number of carboxylic acids is 1. The highest BCUT2D eigenvalue weighted by Gasteiger charge is 2.08. The van der Waals surface area contributed by atoms with E-state index >= 15 is 0 Å². The fraction of sp³-hybridized carbons (Fsp3) is 0.308. The summed E-state index contributed by atoms with van der Waals surface area (Å²) in [6, 6.07) is 7.69. The van der Waals surface area contributed by atoms with Gasteiger partial charge in [-0.2, -0.15) is 0 Å². The standard InChI is InChI=1S/C13H16ClNO2/c1-9(7-13(16)17)8-15-10(2)11-5-3-4-6-12(11)14/h3-7,10,15H,8H2,1-2H3,(H,16,17)/b9-7+. The second-order valence-corrected chi connectivity index (χ2v) is 4.36. The van der Waals surface area contributed by atoms with E-state index in [2.05, 4.69) is 5.32 Å². The molecule has 0 aliphatic heterocycles. The highest BCUT2D eigenvalue weighted by Crippen LogP contribution is 2.21. The summed E-state index contributed by atoms with van der Waals surface area (Å²) >= 11 is 6.07. The first-order valence-corrected chi connectivity index (χ1v) is 5.76. The molecule has 92 valence electrons. The zero-order valence-corrected chi connectivity index (χ0v) is 10.7. The van der Waals surface area contributed by atoms with Crippen molar-refractivity contribution >= 4 is 17.6 Å². The Kier molecular flexibility index (Phi) is 5.19. The molecule has 0 bridgehead atoms. The third-order valence-corrected chi connectivity index (χ3v) is 2.77. The van der Waals surface area contributed by atoms with Crippen LogP contribution in [0, 0.1) is 0 Å². The van der Waals surface area contributed by atoms with Gasteiger partial charge in [0.05, 0.1) is 0 Å². The third-order valence-electron chi connectivity index (χ3n) is 2.43. The van der Waals surface area contributed by atoms with Crippen molar-refractivity contribution in [2.24, 2.45) is 0 Å². The number of carboxylic acid groups (broad SMARTS) is 1. The lowest BCUT2D eigenvalue weighted by Gasteiger charge is -2.15. The average Bonchev–Trinajstić information content (AvgIpc) is 2.25.